The van der Waals surface area contributed by atoms with Gasteiger partial charge in [-0.25, -0.2) is 0 Å². The molecule has 1 aliphatic heterocycles. The molecule has 3 nitrogen and oxygen atoms in total. The second-order valence-corrected chi connectivity index (χ2v) is 7.02. The Bertz CT molecular complexity index is 429. The van der Waals surface area contributed by atoms with Crippen molar-refractivity contribution in [3.63, 3.8) is 0 Å². The molecule has 0 bridgehead atoms. The normalized spacial score (nSPS) is 23.9. The molecular weight excluding hydrogens is 314 g/mol. The average molecular weight is 332 g/mol. The van der Waals surface area contributed by atoms with Gasteiger partial charge in [-0.1, -0.05) is 6.07 Å². The molecule has 0 unspecified atom stereocenters. The minimum absolute atomic E-state index is 0.503. The van der Waals surface area contributed by atoms with E-state index < -0.39 is 10.8 Å². The van der Waals surface area contributed by atoms with E-state index in [0.29, 0.717) is 6.04 Å². The van der Waals surface area contributed by atoms with E-state index in [4.69, 9.17) is 4.74 Å². The van der Waals surface area contributed by atoms with E-state index in [1.54, 1.807) is 7.11 Å². The summed E-state index contributed by atoms with van der Waals surface area (Å²) in [6.45, 7) is 0.847. The summed E-state index contributed by atoms with van der Waals surface area (Å²) in [5, 5.41) is 3.53. The van der Waals surface area contributed by atoms with Crippen LogP contribution in [0.3, 0.4) is 0 Å². The lowest BCUT2D eigenvalue weighted by molar-refractivity contribution is 0.411. The highest BCUT2D eigenvalue weighted by molar-refractivity contribution is 9.10. The first-order chi connectivity index (χ1) is 8.69. The fourth-order valence-corrected chi connectivity index (χ4v) is 3.97. The van der Waals surface area contributed by atoms with E-state index in [-0.39, 0.29) is 0 Å². The highest BCUT2D eigenvalue weighted by atomic mass is 79.9. The predicted octanol–water partition coefficient (Wildman–Crippen LogP) is 2.46. The number of hydrogen-bond acceptors (Lipinski definition) is 3. The Balaban J connectivity index is 1.86. The van der Waals surface area contributed by atoms with Crippen LogP contribution in [0.4, 0.5) is 0 Å². The minimum atomic E-state index is -0.581. The van der Waals surface area contributed by atoms with Crippen molar-refractivity contribution in [2.24, 2.45) is 0 Å². The highest BCUT2D eigenvalue weighted by Crippen LogP contribution is 2.25. The number of ether oxygens (including phenoxy) is 1. The number of nitrogens with one attached hydrogen (secondary N) is 1. The van der Waals surface area contributed by atoms with E-state index in [9.17, 15) is 4.21 Å². The molecule has 2 rings (SSSR count). The van der Waals surface area contributed by atoms with Gasteiger partial charge in [0.05, 0.1) is 11.6 Å². The Morgan fingerprint density at radius 2 is 2.17 bits per heavy atom. The van der Waals surface area contributed by atoms with Gasteiger partial charge in [-0.15, -0.1) is 0 Å². The first kappa shape index (κ1) is 14.0. The van der Waals surface area contributed by atoms with Crippen LogP contribution in [0.5, 0.6) is 5.75 Å². The third-order valence-electron chi connectivity index (χ3n) is 3.20. The molecule has 0 spiro atoms. The van der Waals surface area contributed by atoms with Crippen molar-refractivity contribution >= 4 is 26.7 Å². The van der Waals surface area contributed by atoms with Gasteiger partial charge in [0.1, 0.15) is 5.75 Å². The number of rotatable bonds is 4. The predicted molar refractivity (Wildman–Crippen MR) is 78.4 cm³/mol. The Morgan fingerprint density at radius 1 is 1.44 bits per heavy atom. The molecular formula is C13H18BrNO2S. The van der Waals surface area contributed by atoms with Gasteiger partial charge in [-0.2, -0.15) is 0 Å². The standard InChI is InChI=1S/C13H18BrNO2S/c1-17-13-3-2-10(8-12(13)14)9-15-11-4-6-18(16)7-5-11/h2-3,8,11,15H,4-7,9H2,1H3. The maximum atomic E-state index is 11.3. The maximum Gasteiger partial charge on any atom is 0.133 e. The summed E-state index contributed by atoms with van der Waals surface area (Å²) in [5.41, 5.74) is 1.23. The first-order valence-electron chi connectivity index (χ1n) is 6.10. The fraction of sp³-hybridized carbons (Fsp3) is 0.538. The third-order valence-corrected chi connectivity index (χ3v) is 5.20. The minimum Gasteiger partial charge on any atom is -0.496 e. The van der Waals surface area contributed by atoms with Crippen LogP contribution in [0.15, 0.2) is 22.7 Å². The summed E-state index contributed by atoms with van der Waals surface area (Å²) in [6, 6.07) is 6.62. The zero-order valence-electron chi connectivity index (χ0n) is 10.4. The van der Waals surface area contributed by atoms with E-state index in [1.165, 1.54) is 5.56 Å². The SMILES string of the molecule is COc1ccc(CNC2CCS(=O)CC2)cc1Br. The Morgan fingerprint density at radius 3 is 2.78 bits per heavy atom. The van der Waals surface area contributed by atoms with Crippen molar-refractivity contribution in [3.05, 3.63) is 28.2 Å². The van der Waals surface area contributed by atoms with Crippen molar-refractivity contribution in [1.29, 1.82) is 0 Å². The number of benzene rings is 1. The third kappa shape index (κ3) is 3.80. The summed E-state index contributed by atoms with van der Waals surface area (Å²) in [6.07, 6.45) is 2.04. The average Bonchev–Trinajstić information content (AvgIpc) is 2.38. The largest absolute Gasteiger partial charge is 0.496 e. The van der Waals surface area contributed by atoms with Crippen molar-refractivity contribution < 1.29 is 8.95 Å². The molecule has 1 N–H and O–H groups in total. The Kier molecular flexibility index (Phi) is 5.21. The molecule has 1 saturated heterocycles. The van der Waals surface area contributed by atoms with Gasteiger partial charge >= 0.3 is 0 Å². The number of halogens is 1. The lowest BCUT2D eigenvalue weighted by atomic mass is 10.1. The quantitative estimate of drug-likeness (QED) is 0.921. The van der Waals surface area contributed by atoms with Crippen molar-refractivity contribution in [2.75, 3.05) is 18.6 Å². The Hall–Kier alpha value is -0.390. The van der Waals surface area contributed by atoms with Crippen LogP contribution in [0.2, 0.25) is 0 Å². The summed E-state index contributed by atoms with van der Waals surface area (Å²) in [7, 11) is 1.09. The van der Waals surface area contributed by atoms with Crippen molar-refractivity contribution in [2.45, 2.75) is 25.4 Å². The molecule has 18 heavy (non-hydrogen) atoms. The van der Waals surface area contributed by atoms with Gasteiger partial charge in [-0.3, -0.25) is 4.21 Å². The van der Waals surface area contributed by atoms with Gasteiger partial charge in [0, 0.05) is 34.9 Å². The van der Waals surface area contributed by atoms with E-state index >= 15 is 0 Å². The molecule has 1 aromatic rings. The second kappa shape index (κ2) is 6.68. The molecule has 0 atom stereocenters. The number of methoxy groups -OCH3 is 1. The van der Waals surface area contributed by atoms with Crippen LogP contribution >= 0.6 is 15.9 Å². The molecule has 1 heterocycles. The molecule has 0 aromatic heterocycles. The smallest absolute Gasteiger partial charge is 0.133 e. The molecule has 0 amide bonds. The molecule has 0 radical (unpaired) electrons. The lowest BCUT2D eigenvalue weighted by Crippen LogP contribution is -2.35. The van der Waals surface area contributed by atoms with E-state index in [1.807, 2.05) is 6.07 Å². The summed E-state index contributed by atoms with van der Waals surface area (Å²) in [5.74, 6) is 2.53. The molecule has 1 fully saturated rings. The summed E-state index contributed by atoms with van der Waals surface area (Å²) in [4.78, 5) is 0. The van der Waals surface area contributed by atoms with E-state index in [0.717, 1.165) is 41.1 Å². The van der Waals surface area contributed by atoms with Gasteiger partial charge in [0.2, 0.25) is 0 Å². The van der Waals surface area contributed by atoms with Crippen LogP contribution in [0.25, 0.3) is 0 Å². The maximum absolute atomic E-state index is 11.3. The molecule has 0 saturated carbocycles. The Labute approximate surface area is 119 Å². The lowest BCUT2D eigenvalue weighted by Gasteiger charge is -2.22. The van der Waals surface area contributed by atoms with Crippen molar-refractivity contribution in [1.82, 2.24) is 5.32 Å². The van der Waals surface area contributed by atoms with Gasteiger partial charge in [0.25, 0.3) is 0 Å². The van der Waals surface area contributed by atoms with Crippen molar-refractivity contribution in [3.8, 4) is 5.75 Å². The van der Waals surface area contributed by atoms with Crippen LogP contribution in [-0.2, 0) is 17.3 Å². The monoisotopic (exact) mass is 331 g/mol. The highest BCUT2D eigenvalue weighted by Gasteiger charge is 2.17. The van der Waals surface area contributed by atoms with E-state index in [2.05, 4.69) is 33.4 Å². The topological polar surface area (TPSA) is 38.3 Å². The fourth-order valence-electron chi connectivity index (χ4n) is 2.08. The van der Waals surface area contributed by atoms with Crippen LogP contribution in [0, 0.1) is 0 Å². The molecule has 1 aliphatic rings. The summed E-state index contributed by atoms with van der Waals surface area (Å²) >= 11 is 3.49. The summed E-state index contributed by atoms with van der Waals surface area (Å²) < 4.78 is 17.4. The van der Waals surface area contributed by atoms with Gasteiger partial charge < -0.3 is 10.1 Å². The zero-order chi connectivity index (χ0) is 13.0. The van der Waals surface area contributed by atoms with Crippen LogP contribution < -0.4 is 10.1 Å². The second-order valence-electron chi connectivity index (χ2n) is 4.47. The van der Waals surface area contributed by atoms with Gasteiger partial charge in [-0.05, 0) is 46.5 Å². The number of hydrogen-bond donors (Lipinski definition) is 1. The zero-order valence-corrected chi connectivity index (χ0v) is 12.9. The molecule has 100 valence electrons. The van der Waals surface area contributed by atoms with Crippen LogP contribution in [0.1, 0.15) is 18.4 Å². The molecule has 1 aromatic carbocycles. The molecule has 5 heteroatoms. The molecule has 0 aliphatic carbocycles. The van der Waals surface area contributed by atoms with Gasteiger partial charge in [0.15, 0.2) is 0 Å². The van der Waals surface area contributed by atoms with Crippen LogP contribution in [-0.4, -0.2) is 28.9 Å². The first-order valence-corrected chi connectivity index (χ1v) is 8.38.